The van der Waals surface area contributed by atoms with Gasteiger partial charge in [0.15, 0.2) is 0 Å². The van der Waals surface area contributed by atoms with Crippen LogP contribution in [0.1, 0.15) is 43.4 Å². The molecule has 0 bridgehead atoms. The summed E-state index contributed by atoms with van der Waals surface area (Å²) < 4.78 is 44.0. The lowest BCUT2D eigenvalue weighted by Gasteiger charge is -2.33. The zero-order valence-corrected chi connectivity index (χ0v) is 12.3. The summed E-state index contributed by atoms with van der Waals surface area (Å²) >= 11 is 0. The van der Waals surface area contributed by atoms with E-state index >= 15 is 0 Å². The second-order valence-electron chi connectivity index (χ2n) is 5.49. The Labute approximate surface area is 123 Å². The Morgan fingerprint density at radius 3 is 2.81 bits per heavy atom. The lowest BCUT2D eigenvalue weighted by molar-refractivity contribution is -0.137. The van der Waals surface area contributed by atoms with Crippen LogP contribution in [0.25, 0.3) is 0 Å². The SMILES string of the molecule is CCCCCN1CCOC(c2cccc(C(F)(F)F)c2)C1. The van der Waals surface area contributed by atoms with Crippen molar-refractivity contribution < 1.29 is 17.9 Å². The monoisotopic (exact) mass is 301 g/mol. The highest BCUT2D eigenvalue weighted by atomic mass is 19.4. The molecule has 2 rings (SSSR count). The predicted octanol–water partition coefficient (Wildman–Crippen LogP) is 4.27. The molecule has 0 aromatic heterocycles. The highest BCUT2D eigenvalue weighted by Gasteiger charge is 2.31. The van der Waals surface area contributed by atoms with Crippen molar-refractivity contribution >= 4 is 0 Å². The first-order valence-electron chi connectivity index (χ1n) is 7.52. The normalized spacial score (nSPS) is 20.7. The molecule has 0 spiro atoms. The summed E-state index contributed by atoms with van der Waals surface area (Å²) in [7, 11) is 0. The third-order valence-electron chi connectivity index (χ3n) is 3.81. The van der Waals surface area contributed by atoms with Crippen LogP contribution < -0.4 is 0 Å². The van der Waals surface area contributed by atoms with Gasteiger partial charge >= 0.3 is 6.18 Å². The summed E-state index contributed by atoms with van der Waals surface area (Å²) in [4.78, 5) is 2.28. The van der Waals surface area contributed by atoms with Crippen molar-refractivity contribution in [2.75, 3.05) is 26.2 Å². The van der Waals surface area contributed by atoms with Crippen LogP contribution in [0.15, 0.2) is 24.3 Å². The van der Waals surface area contributed by atoms with Crippen molar-refractivity contribution in [1.82, 2.24) is 4.90 Å². The lowest BCUT2D eigenvalue weighted by atomic mass is 10.0. The smallest absolute Gasteiger partial charge is 0.371 e. The zero-order valence-electron chi connectivity index (χ0n) is 12.3. The van der Waals surface area contributed by atoms with Crippen LogP contribution >= 0.6 is 0 Å². The van der Waals surface area contributed by atoms with Crippen LogP contribution in [-0.4, -0.2) is 31.1 Å². The Balaban J connectivity index is 2.00. The third-order valence-corrected chi connectivity index (χ3v) is 3.81. The van der Waals surface area contributed by atoms with Crippen LogP contribution in [0, 0.1) is 0 Å². The van der Waals surface area contributed by atoms with Gasteiger partial charge in [-0.3, -0.25) is 4.90 Å². The standard InChI is InChI=1S/C16H22F3NO/c1-2-3-4-8-20-9-10-21-15(12-20)13-6-5-7-14(11-13)16(17,18)19/h5-7,11,15H,2-4,8-10,12H2,1H3. The van der Waals surface area contributed by atoms with Gasteiger partial charge in [0.25, 0.3) is 0 Å². The molecule has 1 aliphatic heterocycles. The van der Waals surface area contributed by atoms with E-state index in [-0.39, 0.29) is 6.10 Å². The summed E-state index contributed by atoms with van der Waals surface area (Å²) in [6, 6.07) is 5.48. The topological polar surface area (TPSA) is 12.5 Å². The molecule has 1 aliphatic rings. The first-order valence-corrected chi connectivity index (χ1v) is 7.52. The van der Waals surface area contributed by atoms with E-state index in [9.17, 15) is 13.2 Å². The van der Waals surface area contributed by atoms with Gasteiger partial charge in [-0.05, 0) is 30.7 Å². The number of alkyl halides is 3. The van der Waals surface area contributed by atoms with Gasteiger partial charge in [-0.2, -0.15) is 13.2 Å². The number of halogens is 3. The van der Waals surface area contributed by atoms with Crippen LogP contribution in [0.5, 0.6) is 0 Å². The lowest BCUT2D eigenvalue weighted by Crippen LogP contribution is -2.38. The number of hydrogen-bond acceptors (Lipinski definition) is 2. The van der Waals surface area contributed by atoms with E-state index in [1.165, 1.54) is 25.0 Å². The summed E-state index contributed by atoms with van der Waals surface area (Å²) in [5.74, 6) is 0. The highest BCUT2D eigenvalue weighted by molar-refractivity contribution is 5.27. The van der Waals surface area contributed by atoms with Gasteiger partial charge in [-0.25, -0.2) is 0 Å². The van der Waals surface area contributed by atoms with E-state index < -0.39 is 11.7 Å². The van der Waals surface area contributed by atoms with E-state index in [1.807, 2.05) is 0 Å². The van der Waals surface area contributed by atoms with Crippen molar-refractivity contribution in [2.45, 2.75) is 38.5 Å². The largest absolute Gasteiger partial charge is 0.416 e. The third kappa shape index (κ3) is 4.71. The average molecular weight is 301 g/mol. The fraction of sp³-hybridized carbons (Fsp3) is 0.625. The zero-order chi connectivity index (χ0) is 15.3. The number of ether oxygens (including phenoxy) is 1. The molecular weight excluding hydrogens is 279 g/mol. The predicted molar refractivity (Wildman–Crippen MR) is 76.1 cm³/mol. The van der Waals surface area contributed by atoms with Crippen LogP contribution in [0.3, 0.4) is 0 Å². The van der Waals surface area contributed by atoms with Gasteiger partial charge in [0.05, 0.1) is 18.3 Å². The highest BCUT2D eigenvalue weighted by Crippen LogP contribution is 2.32. The minimum absolute atomic E-state index is 0.261. The number of unbranched alkanes of at least 4 members (excludes halogenated alkanes) is 2. The van der Waals surface area contributed by atoms with Crippen molar-refractivity contribution in [3.05, 3.63) is 35.4 Å². The van der Waals surface area contributed by atoms with Gasteiger partial charge < -0.3 is 4.74 Å². The number of morpholine rings is 1. The number of rotatable bonds is 5. The molecule has 1 aromatic rings. The first kappa shape index (κ1) is 16.3. The van der Waals surface area contributed by atoms with E-state index in [4.69, 9.17) is 4.74 Å². The maximum Gasteiger partial charge on any atom is 0.416 e. The maximum absolute atomic E-state index is 12.8. The fourth-order valence-electron chi connectivity index (χ4n) is 2.61. The quantitative estimate of drug-likeness (QED) is 0.753. The molecule has 0 aliphatic carbocycles. The number of nitrogens with zero attached hydrogens (tertiary/aromatic N) is 1. The summed E-state index contributed by atoms with van der Waals surface area (Å²) in [5, 5.41) is 0. The fourth-order valence-corrected chi connectivity index (χ4v) is 2.61. The Morgan fingerprint density at radius 2 is 2.10 bits per heavy atom. The van der Waals surface area contributed by atoms with Gasteiger partial charge in [0, 0.05) is 13.1 Å². The van der Waals surface area contributed by atoms with Crippen molar-refractivity contribution in [3.63, 3.8) is 0 Å². The van der Waals surface area contributed by atoms with E-state index in [2.05, 4.69) is 11.8 Å². The van der Waals surface area contributed by atoms with E-state index in [0.29, 0.717) is 18.7 Å². The Morgan fingerprint density at radius 1 is 1.29 bits per heavy atom. The molecule has 2 nitrogen and oxygen atoms in total. The molecule has 0 saturated carbocycles. The number of benzene rings is 1. The molecule has 1 atom stereocenters. The van der Waals surface area contributed by atoms with Crippen molar-refractivity contribution in [3.8, 4) is 0 Å². The Kier molecular flexibility index (Phi) is 5.65. The van der Waals surface area contributed by atoms with Gasteiger partial charge in [0.2, 0.25) is 0 Å². The van der Waals surface area contributed by atoms with Gasteiger partial charge in [-0.15, -0.1) is 0 Å². The van der Waals surface area contributed by atoms with Crippen molar-refractivity contribution in [2.24, 2.45) is 0 Å². The van der Waals surface area contributed by atoms with Crippen molar-refractivity contribution in [1.29, 1.82) is 0 Å². The van der Waals surface area contributed by atoms with Crippen LogP contribution in [0.4, 0.5) is 13.2 Å². The Hall–Kier alpha value is -1.07. The van der Waals surface area contributed by atoms with Crippen LogP contribution in [-0.2, 0) is 10.9 Å². The molecule has 0 amide bonds. The molecule has 1 unspecified atom stereocenters. The molecule has 5 heteroatoms. The maximum atomic E-state index is 12.8. The molecule has 118 valence electrons. The minimum atomic E-state index is -4.30. The summed E-state index contributed by atoms with van der Waals surface area (Å²) in [6.45, 7) is 5.26. The molecule has 1 heterocycles. The van der Waals surface area contributed by atoms with E-state index in [1.54, 1.807) is 6.07 Å². The molecule has 0 radical (unpaired) electrons. The second-order valence-corrected chi connectivity index (χ2v) is 5.49. The molecule has 0 N–H and O–H groups in total. The Bertz CT molecular complexity index is 447. The summed E-state index contributed by atoms with van der Waals surface area (Å²) in [5.41, 5.74) is 0.0109. The average Bonchev–Trinajstić information content (AvgIpc) is 2.47. The molecule has 1 saturated heterocycles. The van der Waals surface area contributed by atoms with Crippen LogP contribution in [0.2, 0.25) is 0 Å². The van der Waals surface area contributed by atoms with Gasteiger partial charge in [-0.1, -0.05) is 31.9 Å². The molecule has 21 heavy (non-hydrogen) atoms. The number of hydrogen-bond donors (Lipinski definition) is 0. The minimum Gasteiger partial charge on any atom is -0.371 e. The molecular formula is C16H22F3NO. The first-order chi connectivity index (χ1) is 10.0. The van der Waals surface area contributed by atoms with Gasteiger partial charge in [0.1, 0.15) is 0 Å². The summed E-state index contributed by atoms with van der Waals surface area (Å²) in [6.07, 6.45) is -1.08. The van der Waals surface area contributed by atoms with E-state index in [0.717, 1.165) is 25.6 Å². The second kappa shape index (κ2) is 7.27. The molecule has 1 aromatic carbocycles. The molecule has 1 fully saturated rings.